The van der Waals surface area contributed by atoms with Crippen molar-refractivity contribution in [1.82, 2.24) is 4.90 Å². The molecule has 1 heterocycles. The number of hydrogen-bond acceptors (Lipinski definition) is 2. The molecule has 0 saturated carbocycles. The largest absolute Gasteiger partial charge is 0.338 e. The molecule has 0 aromatic heterocycles. The third-order valence-electron chi connectivity index (χ3n) is 5.07. The number of carbonyl (C=O) groups is 2. The molecule has 26 heavy (non-hydrogen) atoms. The Bertz CT molecular complexity index is 811. The average Bonchev–Trinajstić information content (AvgIpc) is 2.99. The molecule has 3 rings (SSSR count). The molecule has 0 spiro atoms. The van der Waals surface area contributed by atoms with Gasteiger partial charge < -0.3 is 10.2 Å². The molecule has 1 N–H and O–H groups in total. The van der Waals surface area contributed by atoms with E-state index in [4.69, 9.17) is 0 Å². The van der Waals surface area contributed by atoms with Gasteiger partial charge in [0.15, 0.2) is 0 Å². The first-order valence-electron chi connectivity index (χ1n) is 9.20. The third-order valence-corrected chi connectivity index (χ3v) is 5.07. The number of nitrogens with one attached hydrogen (secondary N) is 1. The van der Waals surface area contributed by atoms with Gasteiger partial charge in [-0.05, 0) is 37.0 Å². The van der Waals surface area contributed by atoms with Crippen LogP contribution in [-0.2, 0) is 22.6 Å². The van der Waals surface area contributed by atoms with E-state index in [1.807, 2.05) is 56.3 Å². The van der Waals surface area contributed by atoms with Gasteiger partial charge in [0.2, 0.25) is 11.8 Å². The maximum Gasteiger partial charge on any atom is 0.229 e. The van der Waals surface area contributed by atoms with Crippen LogP contribution in [0.25, 0.3) is 0 Å². The molecule has 1 saturated heterocycles. The van der Waals surface area contributed by atoms with E-state index in [1.165, 1.54) is 5.56 Å². The highest BCUT2D eigenvalue weighted by molar-refractivity contribution is 5.98. The highest BCUT2D eigenvalue weighted by Crippen LogP contribution is 2.25. The van der Waals surface area contributed by atoms with Gasteiger partial charge in [0, 0.05) is 25.2 Å². The molecule has 136 valence electrons. The maximum absolute atomic E-state index is 12.7. The second-order valence-corrected chi connectivity index (χ2v) is 7.11. The van der Waals surface area contributed by atoms with E-state index < -0.39 is 0 Å². The van der Waals surface area contributed by atoms with Crippen molar-refractivity contribution in [3.05, 3.63) is 64.7 Å². The molecule has 0 bridgehead atoms. The van der Waals surface area contributed by atoms with E-state index in [9.17, 15) is 9.59 Å². The van der Waals surface area contributed by atoms with Crippen molar-refractivity contribution in [3.8, 4) is 0 Å². The molecular weight excluding hydrogens is 324 g/mol. The lowest BCUT2D eigenvalue weighted by Gasteiger charge is -2.18. The minimum Gasteiger partial charge on any atom is -0.338 e. The van der Waals surface area contributed by atoms with Crippen LogP contribution < -0.4 is 5.32 Å². The second-order valence-electron chi connectivity index (χ2n) is 7.11. The fraction of sp³-hybridized carbons (Fsp3) is 0.364. The Hall–Kier alpha value is -2.62. The highest BCUT2D eigenvalue weighted by atomic mass is 16.2. The second kappa shape index (κ2) is 7.73. The number of para-hydroxylation sites is 1. The standard InChI is InChI=1S/C22H26N2O2/c1-4-18-7-5-6-16(3)21(18)23-22(26)19-12-20(25)24(14-19)13-17-10-8-15(2)9-11-17/h5-11,19H,4,12-14H2,1-3H3,(H,23,26)/t19-/m0/s1. The predicted octanol–water partition coefficient (Wildman–Crippen LogP) is 3.85. The first-order chi connectivity index (χ1) is 12.5. The summed E-state index contributed by atoms with van der Waals surface area (Å²) in [6.45, 7) is 7.16. The Kier molecular flexibility index (Phi) is 5.40. The van der Waals surface area contributed by atoms with Crippen molar-refractivity contribution in [1.29, 1.82) is 0 Å². The Balaban J connectivity index is 1.66. The topological polar surface area (TPSA) is 49.4 Å². The Labute approximate surface area is 155 Å². The summed E-state index contributed by atoms with van der Waals surface area (Å²) in [5, 5.41) is 3.07. The first kappa shape index (κ1) is 18.2. The van der Waals surface area contributed by atoms with Gasteiger partial charge in [0.05, 0.1) is 5.92 Å². The van der Waals surface area contributed by atoms with Crippen LogP contribution in [0.5, 0.6) is 0 Å². The molecule has 4 nitrogen and oxygen atoms in total. The average molecular weight is 350 g/mol. The Morgan fingerprint density at radius 2 is 1.88 bits per heavy atom. The zero-order chi connectivity index (χ0) is 18.7. The van der Waals surface area contributed by atoms with Gasteiger partial charge in [0.25, 0.3) is 0 Å². The van der Waals surface area contributed by atoms with Crippen LogP contribution in [0.4, 0.5) is 5.69 Å². The van der Waals surface area contributed by atoms with Crippen LogP contribution in [0.2, 0.25) is 0 Å². The molecule has 0 radical (unpaired) electrons. The summed E-state index contributed by atoms with van der Waals surface area (Å²) < 4.78 is 0. The van der Waals surface area contributed by atoms with Crippen molar-refractivity contribution in [3.63, 3.8) is 0 Å². The summed E-state index contributed by atoms with van der Waals surface area (Å²) >= 11 is 0. The molecule has 0 unspecified atom stereocenters. The number of benzene rings is 2. The Morgan fingerprint density at radius 3 is 2.58 bits per heavy atom. The zero-order valence-electron chi connectivity index (χ0n) is 15.7. The summed E-state index contributed by atoms with van der Waals surface area (Å²) in [5.74, 6) is -0.308. The van der Waals surface area contributed by atoms with Crippen LogP contribution in [0.3, 0.4) is 0 Å². The number of carbonyl (C=O) groups excluding carboxylic acids is 2. The fourth-order valence-electron chi connectivity index (χ4n) is 3.44. The van der Waals surface area contributed by atoms with Crippen molar-refractivity contribution in [2.24, 2.45) is 5.92 Å². The van der Waals surface area contributed by atoms with Crippen molar-refractivity contribution in [2.45, 2.75) is 40.2 Å². The quantitative estimate of drug-likeness (QED) is 0.890. The minimum atomic E-state index is -0.294. The molecule has 1 aliphatic heterocycles. The molecule has 4 heteroatoms. The summed E-state index contributed by atoms with van der Waals surface area (Å²) in [6, 6.07) is 14.2. The lowest BCUT2D eigenvalue weighted by atomic mass is 10.0. The van der Waals surface area contributed by atoms with E-state index in [0.717, 1.165) is 28.8 Å². The van der Waals surface area contributed by atoms with E-state index in [-0.39, 0.29) is 24.2 Å². The lowest BCUT2D eigenvalue weighted by molar-refractivity contribution is -0.128. The van der Waals surface area contributed by atoms with Gasteiger partial charge in [-0.25, -0.2) is 0 Å². The smallest absolute Gasteiger partial charge is 0.229 e. The van der Waals surface area contributed by atoms with Crippen LogP contribution in [0.1, 0.15) is 35.6 Å². The normalized spacial score (nSPS) is 16.8. The summed E-state index contributed by atoms with van der Waals surface area (Å²) in [5.41, 5.74) is 5.36. The number of aryl methyl sites for hydroxylation is 3. The summed E-state index contributed by atoms with van der Waals surface area (Å²) in [6.07, 6.45) is 1.14. The van der Waals surface area contributed by atoms with Crippen LogP contribution in [0, 0.1) is 19.8 Å². The highest BCUT2D eigenvalue weighted by Gasteiger charge is 2.34. The van der Waals surface area contributed by atoms with Crippen LogP contribution in [-0.4, -0.2) is 23.3 Å². The van der Waals surface area contributed by atoms with E-state index in [0.29, 0.717) is 13.1 Å². The number of hydrogen-bond donors (Lipinski definition) is 1. The lowest BCUT2D eigenvalue weighted by Crippen LogP contribution is -2.28. The molecule has 1 atom stereocenters. The minimum absolute atomic E-state index is 0.0474. The molecule has 2 aromatic rings. The number of nitrogens with zero attached hydrogens (tertiary/aromatic N) is 1. The van der Waals surface area contributed by atoms with E-state index in [1.54, 1.807) is 4.90 Å². The number of amides is 2. The predicted molar refractivity (Wildman–Crippen MR) is 104 cm³/mol. The van der Waals surface area contributed by atoms with Crippen LogP contribution >= 0.6 is 0 Å². The number of rotatable bonds is 5. The molecule has 0 aliphatic carbocycles. The van der Waals surface area contributed by atoms with Gasteiger partial charge in [0.1, 0.15) is 0 Å². The van der Waals surface area contributed by atoms with Crippen molar-refractivity contribution < 1.29 is 9.59 Å². The Morgan fingerprint density at radius 1 is 1.15 bits per heavy atom. The first-order valence-corrected chi connectivity index (χ1v) is 9.20. The molecule has 1 aliphatic rings. The number of likely N-dealkylation sites (tertiary alicyclic amines) is 1. The SMILES string of the molecule is CCc1cccc(C)c1NC(=O)[C@H]1CC(=O)N(Cc2ccc(C)cc2)C1. The molecule has 1 fully saturated rings. The third kappa shape index (κ3) is 3.96. The number of anilines is 1. The van der Waals surface area contributed by atoms with Gasteiger partial charge in [-0.2, -0.15) is 0 Å². The fourth-order valence-corrected chi connectivity index (χ4v) is 3.44. The van der Waals surface area contributed by atoms with Crippen molar-refractivity contribution >= 4 is 17.5 Å². The van der Waals surface area contributed by atoms with Crippen LogP contribution in [0.15, 0.2) is 42.5 Å². The monoisotopic (exact) mass is 350 g/mol. The molecule has 2 amide bonds. The molecular formula is C22H26N2O2. The van der Waals surface area contributed by atoms with Gasteiger partial charge in [-0.1, -0.05) is 55.0 Å². The van der Waals surface area contributed by atoms with E-state index in [2.05, 4.69) is 12.2 Å². The van der Waals surface area contributed by atoms with Gasteiger partial charge >= 0.3 is 0 Å². The van der Waals surface area contributed by atoms with Gasteiger partial charge in [-0.15, -0.1) is 0 Å². The molecule has 2 aromatic carbocycles. The maximum atomic E-state index is 12.7. The summed E-state index contributed by atoms with van der Waals surface area (Å²) in [4.78, 5) is 26.9. The van der Waals surface area contributed by atoms with Gasteiger partial charge in [-0.3, -0.25) is 9.59 Å². The van der Waals surface area contributed by atoms with Crippen molar-refractivity contribution in [2.75, 3.05) is 11.9 Å². The zero-order valence-corrected chi connectivity index (χ0v) is 15.7. The van der Waals surface area contributed by atoms with E-state index >= 15 is 0 Å². The summed E-state index contributed by atoms with van der Waals surface area (Å²) in [7, 11) is 0.